The van der Waals surface area contributed by atoms with E-state index in [1.807, 2.05) is 33.8 Å². The number of rotatable bonds is 3. The van der Waals surface area contributed by atoms with Crippen molar-refractivity contribution in [2.24, 2.45) is 5.73 Å². The van der Waals surface area contributed by atoms with Crippen molar-refractivity contribution in [3.8, 4) is 5.75 Å². The number of aromatic hydroxyl groups is 1. The Kier molecular flexibility index (Phi) is 3.91. The molecule has 108 valence electrons. The van der Waals surface area contributed by atoms with Crippen LogP contribution in [0.1, 0.15) is 33.3 Å². The molecule has 3 N–H and O–H groups in total. The van der Waals surface area contributed by atoms with Crippen molar-refractivity contribution >= 4 is 13.2 Å². The van der Waals surface area contributed by atoms with E-state index in [4.69, 9.17) is 15.0 Å². The smallest absolute Gasteiger partial charge is 0.491 e. The van der Waals surface area contributed by atoms with Crippen molar-refractivity contribution in [1.82, 2.24) is 4.98 Å². The second-order valence-corrected chi connectivity index (χ2v) is 5.99. The molecule has 0 saturated carbocycles. The first kappa shape index (κ1) is 15.0. The highest BCUT2D eigenvalue weighted by Gasteiger charge is 2.52. The first-order chi connectivity index (χ1) is 9.25. The van der Waals surface area contributed by atoms with Crippen LogP contribution in [0.25, 0.3) is 6.08 Å². The monoisotopic (exact) mass is 276 g/mol. The van der Waals surface area contributed by atoms with Crippen LogP contribution in [-0.4, -0.2) is 35.0 Å². The Hall–Kier alpha value is -1.37. The van der Waals surface area contributed by atoms with E-state index in [0.717, 1.165) is 11.0 Å². The minimum absolute atomic E-state index is 0.115. The first-order valence-electron chi connectivity index (χ1n) is 6.65. The fourth-order valence-electron chi connectivity index (χ4n) is 1.96. The molecule has 2 rings (SSSR count). The summed E-state index contributed by atoms with van der Waals surface area (Å²) in [5, 5.41) is 9.44. The topological polar surface area (TPSA) is 77.6 Å². The highest BCUT2D eigenvalue weighted by molar-refractivity contribution is 6.55. The van der Waals surface area contributed by atoms with Crippen LogP contribution in [0.3, 0.4) is 0 Å². The summed E-state index contributed by atoms with van der Waals surface area (Å²) < 4.78 is 11.9. The van der Waals surface area contributed by atoms with Crippen molar-refractivity contribution in [2.75, 3.05) is 6.54 Å². The number of nitrogens with zero attached hydrogens (tertiary/aromatic N) is 1. The quantitative estimate of drug-likeness (QED) is 0.822. The number of pyridine rings is 1. The highest BCUT2D eigenvalue weighted by atomic mass is 16.7. The summed E-state index contributed by atoms with van der Waals surface area (Å²) in [4.78, 5) is 3.94. The molecule has 1 aliphatic heterocycles. The Morgan fingerprint density at radius 1 is 1.30 bits per heavy atom. The Bertz CT molecular complexity index is 513. The molecule has 2 heterocycles. The van der Waals surface area contributed by atoms with E-state index < -0.39 is 18.3 Å². The van der Waals surface area contributed by atoms with E-state index in [-0.39, 0.29) is 5.75 Å². The van der Waals surface area contributed by atoms with Crippen LogP contribution in [0.4, 0.5) is 0 Å². The van der Waals surface area contributed by atoms with Gasteiger partial charge in [0.2, 0.25) is 0 Å². The maximum Gasteiger partial charge on any atom is 0.491 e. The molecule has 1 aliphatic rings. The summed E-state index contributed by atoms with van der Waals surface area (Å²) in [6.45, 7) is 8.30. The summed E-state index contributed by atoms with van der Waals surface area (Å²) >= 11 is 0. The molecule has 1 saturated heterocycles. The van der Waals surface area contributed by atoms with Crippen LogP contribution >= 0.6 is 0 Å². The third-order valence-corrected chi connectivity index (χ3v) is 3.89. The van der Waals surface area contributed by atoms with E-state index in [2.05, 4.69) is 4.98 Å². The molecule has 0 aromatic carbocycles. The summed E-state index contributed by atoms with van der Waals surface area (Å²) in [6.07, 6.45) is 4.88. The van der Waals surface area contributed by atoms with E-state index >= 15 is 0 Å². The van der Waals surface area contributed by atoms with Gasteiger partial charge in [-0.15, -0.1) is 0 Å². The highest BCUT2D eigenvalue weighted by Crippen LogP contribution is 2.38. The van der Waals surface area contributed by atoms with Gasteiger partial charge in [0.15, 0.2) is 0 Å². The average Bonchev–Trinajstić information content (AvgIpc) is 2.55. The fourth-order valence-corrected chi connectivity index (χ4v) is 1.96. The van der Waals surface area contributed by atoms with Crippen LogP contribution in [0, 0.1) is 0 Å². The molecule has 1 aromatic heterocycles. The molecule has 0 unspecified atom stereocenters. The third kappa shape index (κ3) is 2.87. The Balaban J connectivity index is 2.26. The molecule has 0 radical (unpaired) electrons. The van der Waals surface area contributed by atoms with E-state index in [1.54, 1.807) is 12.3 Å². The number of hydrogen-bond donors (Lipinski definition) is 2. The standard InChI is InChI=1S/C14H21BN2O3/c1-13(2)14(3,4)20-15(19-13)11(7-16)5-10-6-12(18)9-17-8-10/h5-6,8-9,18H,7,16H2,1-4H3. The zero-order chi connectivity index (χ0) is 15.0. The molecule has 1 aromatic rings. The number of hydrogen-bond acceptors (Lipinski definition) is 5. The van der Waals surface area contributed by atoms with Crippen molar-refractivity contribution in [2.45, 2.75) is 38.9 Å². The van der Waals surface area contributed by atoms with Gasteiger partial charge >= 0.3 is 7.12 Å². The minimum Gasteiger partial charge on any atom is -0.506 e. The molecule has 6 heteroatoms. The zero-order valence-corrected chi connectivity index (χ0v) is 12.4. The van der Waals surface area contributed by atoms with Crippen molar-refractivity contribution in [3.63, 3.8) is 0 Å². The van der Waals surface area contributed by atoms with Gasteiger partial charge in [0.1, 0.15) is 5.75 Å². The predicted octanol–water partition coefficient (Wildman–Crippen LogP) is 1.76. The molecule has 0 spiro atoms. The van der Waals surface area contributed by atoms with Crippen LogP contribution in [0.15, 0.2) is 23.9 Å². The van der Waals surface area contributed by atoms with E-state index in [1.165, 1.54) is 6.20 Å². The van der Waals surface area contributed by atoms with Crippen molar-refractivity contribution in [3.05, 3.63) is 29.5 Å². The first-order valence-corrected chi connectivity index (χ1v) is 6.65. The second-order valence-electron chi connectivity index (χ2n) is 5.99. The molecule has 1 fully saturated rings. The Labute approximate surface area is 119 Å². The lowest BCUT2D eigenvalue weighted by Crippen LogP contribution is -2.41. The lowest BCUT2D eigenvalue weighted by molar-refractivity contribution is 0.00578. The van der Waals surface area contributed by atoms with E-state index in [0.29, 0.717) is 6.54 Å². The van der Waals surface area contributed by atoms with Gasteiger partial charge in [-0.1, -0.05) is 6.08 Å². The Morgan fingerprint density at radius 3 is 2.40 bits per heavy atom. The summed E-state index contributed by atoms with van der Waals surface area (Å²) in [5.41, 5.74) is 6.58. The maximum atomic E-state index is 9.44. The van der Waals surface area contributed by atoms with Gasteiger partial charge in [-0.05, 0) is 44.8 Å². The fraction of sp³-hybridized carbons (Fsp3) is 0.500. The SMILES string of the molecule is CC1(C)OB(C(=Cc2cncc(O)c2)CN)OC1(C)C. The molecule has 0 atom stereocenters. The predicted molar refractivity (Wildman–Crippen MR) is 79.0 cm³/mol. The summed E-state index contributed by atoms with van der Waals surface area (Å²) in [6, 6.07) is 1.62. The average molecular weight is 276 g/mol. The molecule has 0 bridgehead atoms. The van der Waals surface area contributed by atoms with Crippen LogP contribution in [-0.2, 0) is 9.31 Å². The van der Waals surface area contributed by atoms with Crippen LogP contribution < -0.4 is 5.73 Å². The van der Waals surface area contributed by atoms with Gasteiger partial charge in [-0.25, -0.2) is 0 Å². The summed E-state index contributed by atoms with van der Waals surface area (Å²) in [7, 11) is -0.479. The largest absolute Gasteiger partial charge is 0.506 e. The van der Waals surface area contributed by atoms with Gasteiger partial charge in [0, 0.05) is 12.7 Å². The van der Waals surface area contributed by atoms with Gasteiger partial charge in [0.05, 0.1) is 17.4 Å². The molecule has 5 nitrogen and oxygen atoms in total. The molecule has 0 amide bonds. The summed E-state index contributed by atoms with van der Waals surface area (Å²) in [5.74, 6) is 0.115. The van der Waals surface area contributed by atoms with Gasteiger partial charge in [-0.2, -0.15) is 0 Å². The number of nitrogens with two attached hydrogens (primary N) is 1. The zero-order valence-electron chi connectivity index (χ0n) is 12.4. The minimum atomic E-state index is -0.479. The van der Waals surface area contributed by atoms with Gasteiger partial charge in [0.25, 0.3) is 0 Å². The molecule has 0 aliphatic carbocycles. The van der Waals surface area contributed by atoms with Crippen LogP contribution in [0.2, 0.25) is 0 Å². The molecular formula is C14H21BN2O3. The van der Waals surface area contributed by atoms with Crippen molar-refractivity contribution < 1.29 is 14.4 Å². The van der Waals surface area contributed by atoms with Gasteiger partial charge < -0.3 is 20.1 Å². The Morgan fingerprint density at radius 2 is 1.90 bits per heavy atom. The second kappa shape index (κ2) is 5.20. The van der Waals surface area contributed by atoms with Crippen LogP contribution in [0.5, 0.6) is 5.75 Å². The lowest BCUT2D eigenvalue weighted by Gasteiger charge is -2.32. The molecular weight excluding hydrogens is 255 g/mol. The van der Waals surface area contributed by atoms with Gasteiger partial charge in [-0.3, -0.25) is 4.98 Å². The normalized spacial score (nSPS) is 21.2. The lowest BCUT2D eigenvalue weighted by atomic mass is 9.77. The third-order valence-electron chi connectivity index (χ3n) is 3.89. The number of aromatic nitrogens is 1. The van der Waals surface area contributed by atoms with Crippen molar-refractivity contribution in [1.29, 1.82) is 0 Å². The van der Waals surface area contributed by atoms with E-state index in [9.17, 15) is 5.11 Å². The maximum absolute atomic E-state index is 9.44. The molecule has 20 heavy (non-hydrogen) atoms.